The lowest BCUT2D eigenvalue weighted by Crippen LogP contribution is -2.74. The third-order valence-electron chi connectivity index (χ3n) is 9.63. The van der Waals surface area contributed by atoms with Crippen LogP contribution in [0.4, 0.5) is 0 Å². The van der Waals surface area contributed by atoms with Crippen molar-refractivity contribution in [2.24, 2.45) is 29.4 Å². The van der Waals surface area contributed by atoms with Gasteiger partial charge in [0.2, 0.25) is 5.91 Å². The molecule has 1 saturated heterocycles. The van der Waals surface area contributed by atoms with E-state index >= 15 is 0 Å². The number of nitrogens with zero attached hydrogens (tertiary/aromatic N) is 2. The first-order valence-electron chi connectivity index (χ1n) is 14.0. The van der Waals surface area contributed by atoms with Crippen molar-refractivity contribution in [3.8, 4) is 11.5 Å². The molecule has 1 aromatic rings. The maximum atomic E-state index is 13.9. The third kappa shape index (κ3) is 4.30. The molecule has 12 heteroatoms. The molecule has 4 aliphatic rings. The normalized spacial score (nSPS) is 33.5. The summed E-state index contributed by atoms with van der Waals surface area (Å²) in [5.74, 6) is -10.4. The minimum absolute atomic E-state index is 0.0251. The number of phenols is 1. The van der Waals surface area contributed by atoms with Crippen molar-refractivity contribution in [2.75, 3.05) is 34.4 Å². The third-order valence-corrected chi connectivity index (χ3v) is 9.63. The number of ketones is 4. The Morgan fingerprint density at radius 2 is 1.93 bits per heavy atom. The highest BCUT2D eigenvalue weighted by atomic mass is 16.5. The van der Waals surface area contributed by atoms with Crippen LogP contribution >= 0.6 is 0 Å². The number of rotatable bonds is 7. The van der Waals surface area contributed by atoms with Gasteiger partial charge in [-0.2, -0.15) is 0 Å². The number of aromatic hydroxyl groups is 1. The molecule has 3 fully saturated rings. The molecule has 222 valence electrons. The number of likely N-dealkylation sites (N-methyl/N-ethyl adjacent to an activating group) is 1. The maximum Gasteiger partial charge on any atom is 0.235 e. The number of likely N-dealkylation sites (tertiary alicyclic amines) is 1. The molecular formula is C29H37N3O9. The Morgan fingerprint density at radius 1 is 1.22 bits per heavy atom. The van der Waals surface area contributed by atoms with E-state index < -0.39 is 64.4 Å². The highest BCUT2D eigenvalue weighted by Gasteiger charge is 2.69. The Morgan fingerprint density at radius 3 is 2.54 bits per heavy atom. The van der Waals surface area contributed by atoms with E-state index in [0.29, 0.717) is 29.8 Å². The first-order valence-corrected chi connectivity index (χ1v) is 14.0. The van der Waals surface area contributed by atoms with Gasteiger partial charge in [-0.25, -0.2) is 0 Å². The summed E-state index contributed by atoms with van der Waals surface area (Å²) in [5, 5.41) is 32.2. The average molecular weight is 572 g/mol. The molecule has 3 aliphatic carbocycles. The summed E-state index contributed by atoms with van der Waals surface area (Å²) in [6, 6.07) is 0.470. The van der Waals surface area contributed by atoms with E-state index in [1.807, 2.05) is 0 Å². The number of hydrogen-bond donors (Lipinski definition) is 4. The minimum atomic E-state index is -2.76. The lowest BCUT2D eigenvalue weighted by atomic mass is 9.52. The van der Waals surface area contributed by atoms with E-state index in [2.05, 4.69) is 4.90 Å². The number of amides is 1. The molecule has 2 unspecified atom stereocenters. The molecule has 0 aromatic heterocycles. The van der Waals surface area contributed by atoms with Crippen LogP contribution in [-0.2, 0) is 32.1 Å². The standard InChI is InChI=1S/C29H37N3O9/c1-31(2)22-17-10-13-9-16-20(18(34)11-14(25(16)41-3)12-32-7-4-5-15(32)6-8-33)23(35)19(13)26(37)29(17,40)27(38)21(24(22)36)28(30)39/h11,13,15,17,19,21-22,33-34,40H,4-10,12H2,1-3H3,(H2,30,39)/t13-,15+,17-,19?,21?,22-,29-/m0/s1. The summed E-state index contributed by atoms with van der Waals surface area (Å²) >= 11 is 0. The molecule has 12 nitrogen and oxygen atoms in total. The first-order chi connectivity index (χ1) is 19.4. The molecule has 0 bridgehead atoms. The molecule has 1 amide bonds. The summed E-state index contributed by atoms with van der Waals surface area (Å²) in [4.78, 5) is 70.2. The summed E-state index contributed by atoms with van der Waals surface area (Å²) in [7, 11) is 4.56. The van der Waals surface area contributed by atoms with Gasteiger partial charge in [-0.3, -0.25) is 33.8 Å². The van der Waals surface area contributed by atoms with Crippen molar-refractivity contribution in [3.63, 3.8) is 0 Å². The first kappa shape index (κ1) is 29.3. The molecule has 1 heterocycles. The minimum Gasteiger partial charge on any atom is -0.507 e. The number of fused-ring (bicyclic) bond motifs is 3. The zero-order valence-electron chi connectivity index (χ0n) is 23.5. The van der Waals surface area contributed by atoms with Crippen LogP contribution in [-0.4, -0.2) is 106 Å². The summed E-state index contributed by atoms with van der Waals surface area (Å²) in [6.07, 6.45) is 2.64. The SMILES string of the molecule is COc1c(CN2CCC[C@@H]2CCO)cc(O)c2c1C[C@H]1C[C@H]3[C@H](N(C)C)C(=O)C(C(N)=O)C(=O)[C@@]3(O)C(=O)C1C2=O. The van der Waals surface area contributed by atoms with Gasteiger partial charge in [0.1, 0.15) is 11.5 Å². The maximum absolute atomic E-state index is 13.9. The number of aliphatic hydroxyl groups is 2. The van der Waals surface area contributed by atoms with Crippen molar-refractivity contribution < 1.29 is 44.0 Å². The van der Waals surface area contributed by atoms with Crippen molar-refractivity contribution in [1.29, 1.82) is 0 Å². The Balaban J connectivity index is 1.57. The molecule has 5 rings (SSSR count). The molecule has 41 heavy (non-hydrogen) atoms. The quantitative estimate of drug-likeness (QED) is 0.301. The van der Waals surface area contributed by atoms with Gasteiger partial charge in [-0.15, -0.1) is 0 Å². The number of carbonyl (C=O) groups is 5. The Bertz CT molecular complexity index is 1330. The zero-order chi connectivity index (χ0) is 30.0. The highest BCUT2D eigenvalue weighted by molar-refractivity contribution is 6.32. The van der Waals surface area contributed by atoms with Crippen LogP contribution in [0.5, 0.6) is 11.5 Å². The van der Waals surface area contributed by atoms with Crippen molar-refractivity contribution >= 4 is 29.0 Å². The van der Waals surface area contributed by atoms with Gasteiger partial charge in [0, 0.05) is 36.2 Å². The van der Waals surface area contributed by atoms with Gasteiger partial charge < -0.3 is 25.8 Å². The fraction of sp³-hybridized carbons (Fsp3) is 0.621. The number of Topliss-reactive ketones (excluding diaryl/α,β-unsaturated/α-hetero) is 4. The van der Waals surface area contributed by atoms with Crippen molar-refractivity contribution in [2.45, 2.75) is 56.3 Å². The van der Waals surface area contributed by atoms with Crippen LogP contribution in [0.2, 0.25) is 0 Å². The molecule has 2 saturated carbocycles. The lowest BCUT2D eigenvalue weighted by molar-refractivity contribution is -0.181. The Hall–Kier alpha value is -3.19. The van der Waals surface area contributed by atoms with Gasteiger partial charge in [0.05, 0.1) is 24.6 Å². The highest BCUT2D eigenvalue weighted by Crippen LogP contribution is 2.52. The van der Waals surface area contributed by atoms with Crippen LogP contribution in [0.1, 0.15) is 47.2 Å². The number of aliphatic hydroxyl groups excluding tert-OH is 1. The number of ether oxygens (including phenoxy) is 1. The van der Waals surface area contributed by atoms with Crippen LogP contribution in [0.15, 0.2) is 6.07 Å². The Labute approximate surface area is 237 Å². The van der Waals surface area contributed by atoms with E-state index in [1.165, 1.54) is 18.1 Å². The van der Waals surface area contributed by atoms with Crippen LogP contribution < -0.4 is 10.5 Å². The molecule has 0 spiro atoms. The van der Waals surface area contributed by atoms with Crippen LogP contribution in [0, 0.1) is 23.7 Å². The molecule has 5 N–H and O–H groups in total. The number of primary amides is 1. The second-order valence-corrected chi connectivity index (χ2v) is 12.0. The Kier molecular flexibility index (Phi) is 7.56. The molecule has 0 radical (unpaired) electrons. The van der Waals surface area contributed by atoms with E-state index in [-0.39, 0.29) is 36.8 Å². The second kappa shape index (κ2) is 10.6. The van der Waals surface area contributed by atoms with Gasteiger partial charge in [-0.1, -0.05) is 0 Å². The van der Waals surface area contributed by atoms with Crippen LogP contribution in [0.3, 0.4) is 0 Å². The molecule has 1 aliphatic heterocycles. The predicted octanol–water partition coefficient (Wildman–Crippen LogP) is -0.778. The summed E-state index contributed by atoms with van der Waals surface area (Å²) in [5.41, 5.74) is 3.61. The van der Waals surface area contributed by atoms with Crippen molar-refractivity contribution in [1.82, 2.24) is 9.80 Å². The second-order valence-electron chi connectivity index (χ2n) is 12.0. The number of nitrogens with two attached hydrogens (primary N) is 1. The van der Waals surface area contributed by atoms with Gasteiger partial charge in [-0.05, 0) is 64.7 Å². The van der Waals surface area contributed by atoms with Crippen molar-refractivity contribution in [3.05, 3.63) is 22.8 Å². The van der Waals surface area contributed by atoms with Gasteiger partial charge in [0.25, 0.3) is 0 Å². The largest absolute Gasteiger partial charge is 0.507 e. The topological polar surface area (TPSA) is 188 Å². The molecule has 7 atom stereocenters. The number of hydrogen-bond acceptors (Lipinski definition) is 11. The lowest BCUT2D eigenvalue weighted by Gasteiger charge is -2.52. The fourth-order valence-electron chi connectivity index (χ4n) is 7.89. The van der Waals surface area contributed by atoms with Gasteiger partial charge in [0.15, 0.2) is 34.7 Å². The fourth-order valence-corrected chi connectivity index (χ4v) is 7.89. The van der Waals surface area contributed by atoms with Crippen LogP contribution in [0.25, 0.3) is 0 Å². The van der Waals surface area contributed by atoms with E-state index in [9.17, 15) is 39.3 Å². The number of carbonyl (C=O) groups excluding carboxylic acids is 5. The molecular weight excluding hydrogens is 534 g/mol. The predicted molar refractivity (Wildman–Crippen MR) is 143 cm³/mol. The van der Waals surface area contributed by atoms with E-state index in [1.54, 1.807) is 14.1 Å². The number of methoxy groups -OCH3 is 1. The monoisotopic (exact) mass is 571 g/mol. The zero-order valence-corrected chi connectivity index (χ0v) is 23.5. The summed E-state index contributed by atoms with van der Waals surface area (Å²) in [6.45, 7) is 1.30. The van der Waals surface area contributed by atoms with E-state index in [0.717, 1.165) is 19.4 Å². The summed E-state index contributed by atoms with van der Waals surface area (Å²) < 4.78 is 5.78. The number of phenolic OH excluding ortho intramolecular Hbond substituents is 1. The molecule has 1 aromatic carbocycles. The smallest absolute Gasteiger partial charge is 0.235 e. The number of benzene rings is 1. The average Bonchev–Trinajstić information content (AvgIpc) is 3.32. The van der Waals surface area contributed by atoms with E-state index in [4.69, 9.17) is 10.5 Å². The van der Waals surface area contributed by atoms with Gasteiger partial charge >= 0.3 is 0 Å².